The maximum Gasteiger partial charge on any atom is 0.240 e. The van der Waals surface area contributed by atoms with E-state index in [-0.39, 0.29) is 12.1 Å². The minimum absolute atomic E-state index is 0.0657. The summed E-state index contributed by atoms with van der Waals surface area (Å²) in [6, 6.07) is 5.18. The van der Waals surface area contributed by atoms with Gasteiger partial charge in [-0.3, -0.25) is 0 Å². The Morgan fingerprint density at radius 1 is 1.40 bits per heavy atom. The van der Waals surface area contributed by atoms with Crippen molar-refractivity contribution in [3.63, 3.8) is 0 Å². The highest BCUT2D eigenvalue weighted by Gasteiger charge is 2.29. The standard InChI is InChI=1S/C14H20N2O3S/c1-10-13(6-8-19-10)16-20(17,18)12-4-5-14-11(9-12)3-2-7-15-14/h4-5,9-10,13,15-16H,2-3,6-8H2,1H3. The Kier molecular flexibility index (Phi) is 3.70. The average molecular weight is 296 g/mol. The van der Waals surface area contributed by atoms with Crippen LogP contribution in [0.15, 0.2) is 23.1 Å². The van der Waals surface area contributed by atoms with Crippen molar-refractivity contribution >= 4 is 15.7 Å². The van der Waals surface area contributed by atoms with Crippen LogP contribution in [0.25, 0.3) is 0 Å². The van der Waals surface area contributed by atoms with E-state index < -0.39 is 10.0 Å². The van der Waals surface area contributed by atoms with Gasteiger partial charge in [-0.15, -0.1) is 0 Å². The third-order valence-electron chi connectivity index (χ3n) is 4.01. The summed E-state index contributed by atoms with van der Waals surface area (Å²) in [5.74, 6) is 0. The summed E-state index contributed by atoms with van der Waals surface area (Å²) in [5.41, 5.74) is 2.13. The molecule has 0 bridgehead atoms. The van der Waals surface area contributed by atoms with E-state index in [0.29, 0.717) is 11.5 Å². The Labute approximate surface area is 119 Å². The SMILES string of the molecule is CC1OCCC1NS(=O)(=O)c1ccc2c(c1)CCCN2. The first-order chi connectivity index (χ1) is 9.56. The molecule has 1 aromatic rings. The van der Waals surface area contributed by atoms with Crippen molar-refractivity contribution in [1.82, 2.24) is 4.72 Å². The molecule has 2 N–H and O–H groups in total. The molecule has 2 aliphatic rings. The number of ether oxygens (including phenoxy) is 1. The van der Waals surface area contributed by atoms with Crippen LogP contribution < -0.4 is 10.0 Å². The molecule has 6 heteroatoms. The fourth-order valence-electron chi connectivity index (χ4n) is 2.77. The van der Waals surface area contributed by atoms with E-state index in [1.807, 2.05) is 13.0 Å². The number of aryl methyl sites for hydroxylation is 1. The molecule has 2 heterocycles. The molecule has 3 rings (SSSR count). The topological polar surface area (TPSA) is 67.4 Å². The van der Waals surface area contributed by atoms with Gasteiger partial charge in [-0.05, 0) is 49.9 Å². The second-order valence-corrected chi connectivity index (χ2v) is 7.16. The first kappa shape index (κ1) is 13.9. The van der Waals surface area contributed by atoms with Crippen LogP contribution in [-0.4, -0.2) is 33.7 Å². The van der Waals surface area contributed by atoms with E-state index in [1.54, 1.807) is 12.1 Å². The molecule has 1 fully saturated rings. The predicted octanol–water partition coefficient (Wildman–Crippen LogP) is 1.50. The normalized spacial score (nSPS) is 26.1. The molecule has 2 unspecified atom stereocenters. The summed E-state index contributed by atoms with van der Waals surface area (Å²) >= 11 is 0. The van der Waals surface area contributed by atoms with Gasteiger partial charge in [0.05, 0.1) is 17.0 Å². The predicted molar refractivity (Wildman–Crippen MR) is 77.4 cm³/mol. The van der Waals surface area contributed by atoms with Gasteiger partial charge in [0.25, 0.3) is 0 Å². The highest BCUT2D eigenvalue weighted by atomic mass is 32.2. The van der Waals surface area contributed by atoms with E-state index in [2.05, 4.69) is 10.0 Å². The number of hydrogen-bond acceptors (Lipinski definition) is 4. The number of hydrogen-bond donors (Lipinski definition) is 2. The van der Waals surface area contributed by atoms with Crippen LogP contribution in [0.3, 0.4) is 0 Å². The number of benzene rings is 1. The lowest BCUT2D eigenvalue weighted by atomic mass is 10.0. The van der Waals surface area contributed by atoms with Crippen molar-refractivity contribution in [2.75, 3.05) is 18.5 Å². The third-order valence-corrected chi connectivity index (χ3v) is 5.50. The zero-order valence-electron chi connectivity index (χ0n) is 11.6. The molecule has 2 aliphatic heterocycles. The molecule has 2 atom stereocenters. The van der Waals surface area contributed by atoms with Crippen LogP contribution in [0.5, 0.6) is 0 Å². The van der Waals surface area contributed by atoms with Gasteiger partial charge in [-0.1, -0.05) is 0 Å². The van der Waals surface area contributed by atoms with Crippen molar-refractivity contribution in [3.05, 3.63) is 23.8 Å². The monoisotopic (exact) mass is 296 g/mol. The van der Waals surface area contributed by atoms with Crippen LogP contribution in [0.4, 0.5) is 5.69 Å². The summed E-state index contributed by atoms with van der Waals surface area (Å²) in [4.78, 5) is 0.346. The minimum Gasteiger partial charge on any atom is -0.385 e. The molecule has 1 saturated heterocycles. The molecule has 5 nitrogen and oxygen atoms in total. The van der Waals surface area contributed by atoms with Gasteiger partial charge in [0, 0.05) is 18.8 Å². The van der Waals surface area contributed by atoms with Crippen molar-refractivity contribution in [3.8, 4) is 0 Å². The molecule has 0 aliphatic carbocycles. The van der Waals surface area contributed by atoms with Crippen LogP contribution in [0.1, 0.15) is 25.3 Å². The van der Waals surface area contributed by atoms with E-state index >= 15 is 0 Å². The molecule has 110 valence electrons. The van der Waals surface area contributed by atoms with Crippen molar-refractivity contribution in [2.45, 2.75) is 43.2 Å². The average Bonchev–Trinajstić information content (AvgIpc) is 2.83. The smallest absolute Gasteiger partial charge is 0.240 e. The Hall–Kier alpha value is -1.11. The zero-order valence-corrected chi connectivity index (χ0v) is 12.4. The first-order valence-electron chi connectivity index (χ1n) is 7.07. The summed E-state index contributed by atoms with van der Waals surface area (Å²) in [6.07, 6.45) is 2.63. The molecule has 20 heavy (non-hydrogen) atoms. The summed E-state index contributed by atoms with van der Waals surface area (Å²) < 4.78 is 33.0. The van der Waals surface area contributed by atoms with Gasteiger partial charge in [-0.25, -0.2) is 13.1 Å². The Morgan fingerprint density at radius 3 is 3.00 bits per heavy atom. The number of rotatable bonds is 3. The molecular weight excluding hydrogens is 276 g/mol. The quantitative estimate of drug-likeness (QED) is 0.887. The molecule has 0 saturated carbocycles. The number of nitrogens with one attached hydrogen (secondary N) is 2. The maximum atomic E-state index is 12.4. The second-order valence-electron chi connectivity index (χ2n) is 5.44. The first-order valence-corrected chi connectivity index (χ1v) is 8.55. The number of fused-ring (bicyclic) bond motifs is 1. The van der Waals surface area contributed by atoms with Crippen molar-refractivity contribution < 1.29 is 13.2 Å². The van der Waals surface area contributed by atoms with Gasteiger partial charge in [0.1, 0.15) is 0 Å². The lowest BCUT2D eigenvalue weighted by molar-refractivity contribution is 0.117. The third kappa shape index (κ3) is 2.68. The molecule has 0 amide bonds. The maximum absolute atomic E-state index is 12.4. The molecule has 0 radical (unpaired) electrons. The lowest BCUT2D eigenvalue weighted by Crippen LogP contribution is -2.39. The van der Waals surface area contributed by atoms with Gasteiger partial charge >= 0.3 is 0 Å². The van der Waals surface area contributed by atoms with E-state index in [1.165, 1.54) is 0 Å². The Morgan fingerprint density at radius 2 is 2.25 bits per heavy atom. The summed E-state index contributed by atoms with van der Waals surface area (Å²) in [5, 5.41) is 3.29. The highest BCUT2D eigenvalue weighted by molar-refractivity contribution is 7.89. The Bertz CT molecular complexity index is 600. The van der Waals surface area contributed by atoms with Gasteiger partial charge in [-0.2, -0.15) is 0 Å². The van der Waals surface area contributed by atoms with Crippen molar-refractivity contribution in [1.29, 1.82) is 0 Å². The van der Waals surface area contributed by atoms with E-state index in [9.17, 15) is 8.42 Å². The van der Waals surface area contributed by atoms with Crippen molar-refractivity contribution in [2.24, 2.45) is 0 Å². The molecule has 0 spiro atoms. The lowest BCUT2D eigenvalue weighted by Gasteiger charge is -2.20. The van der Waals surface area contributed by atoms with E-state index in [4.69, 9.17) is 4.74 Å². The van der Waals surface area contributed by atoms with Gasteiger partial charge in [0.15, 0.2) is 0 Å². The van der Waals surface area contributed by atoms with Crippen LogP contribution >= 0.6 is 0 Å². The zero-order chi connectivity index (χ0) is 14.2. The fraction of sp³-hybridized carbons (Fsp3) is 0.571. The summed E-state index contributed by atoms with van der Waals surface area (Å²) in [7, 11) is -3.47. The van der Waals surface area contributed by atoms with E-state index in [0.717, 1.165) is 37.1 Å². The molecule has 0 aromatic heterocycles. The van der Waals surface area contributed by atoms with Gasteiger partial charge < -0.3 is 10.1 Å². The number of sulfonamides is 1. The van der Waals surface area contributed by atoms with Crippen LogP contribution in [-0.2, 0) is 21.2 Å². The molecule has 1 aromatic carbocycles. The van der Waals surface area contributed by atoms with Gasteiger partial charge in [0.2, 0.25) is 10.0 Å². The minimum atomic E-state index is -3.47. The molecular formula is C14H20N2O3S. The summed E-state index contributed by atoms with van der Waals surface area (Å²) in [6.45, 7) is 3.47. The number of anilines is 1. The largest absolute Gasteiger partial charge is 0.385 e. The Balaban J connectivity index is 1.83. The highest BCUT2D eigenvalue weighted by Crippen LogP contribution is 2.25. The second kappa shape index (κ2) is 5.35. The van der Waals surface area contributed by atoms with Crippen LogP contribution in [0, 0.1) is 0 Å². The van der Waals surface area contributed by atoms with Crippen LogP contribution in [0.2, 0.25) is 0 Å². The fourth-order valence-corrected chi connectivity index (χ4v) is 4.16.